The second kappa shape index (κ2) is 3.60. The summed E-state index contributed by atoms with van der Waals surface area (Å²) in [4.78, 5) is 3.85. The maximum absolute atomic E-state index is 13.2. The van der Waals surface area contributed by atoms with Gasteiger partial charge in [-0.25, -0.2) is 13.5 Å². The summed E-state index contributed by atoms with van der Waals surface area (Å²) in [5, 5.41) is 3.92. The average molecular weight is 308 g/mol. The summed E-state index contributed by atoms with van der Waals surface area (Å²) in [5.41, 5.74) is 0.189. The fourth-order valence-electron chi connectivity index (χ4n) is 1.03. The largest absolute Gasteiger partial charge is 0.392 e. The maximum atomic E-state index is 13.2. The maximum Gasteiger partial charge on any atom is 0.392 e. The van der Waals surface area contributed by atoms with Crippen molar-refractivity contribution in [3.05, 3.63) is 40.0 Å². The normalized spacial score (nSPS) is 10.5. The highest BCUT2D eigenvalue weighted by molar-refractivity contribution is 5.31. The highest BCUT2D eigenvalue weighted by Gasteiger charge is 2.09. The first kappa shape index (κ1) is 9.50. The van der Waals surface area contributed by atoms with E-state index in [1.807, 2.05) is 0 Å². The van der Waals surface area contributed by atoms with Crippen LogP contribution in [0.15, 0.2) is 24.5 Å². The number of hydrogen-bond acceptors (Lipinski definition) is 2. The van der Waals surface area contributed by atoms with E-state index in [1.54, 1.807) is 22.6 Å². The fraction of sp³-hybridized carbons (Fsp3) is 0. The summed E-state index contributed by atoms with van der Waals surface area (Å²) in [6, 6.07) is 3.31. The first-order valence-electron chi connectivity index (χ1n) is 3.71. The third-order valence-electron chi connectivity index (χ3n) is 1.63. The topological polar surface area (TPSA) is 30.7 Å². The molecule has 14 heavy (non-hydrogen) atoms. The molecule has 0 aliphatic carbocycles. The molecule has 0 saturated heterocycles. The van der Waals surface area contributed by atoms with Gasteiger partial charge in [0.1, 0.15) is 17.8 Å². The van der Waals surface area contributed by atoms with E-state index in [2.05, 4.69) is 10.1 Å². The van der Waals surface area contributed by atoms with Crippen molar-refractivity contribution in [2.45, 2.75) is 0 Å². The molecule has 0 radical (unpaired) electrons. The van der Waals surface area contributed by atoms with Crippen molar-refractivity contribution in [2.75, 3.05) is 0 Å². The van der Waals surface area contributed by atoms with Gasteiger partial charge in [0.25, 0.3) is 0 Å². The van der Waals surface area contributed by atoms with E-state index in [0.29, 0.717) is 3.83 Å². The van der Waals surface area contributed by atoms with Crippen LogP contribution in [0, 0.1) is 15.5 Å². The highest BCUT2D eigenvalue weighted by atomic mass is 127. The fourth-order valence-corrected chi connectivity index (χ4v) is 1.42. The van der Waals surface area contributed by atoms with Gasteiger partial charge in [-0.2, -0.15) is 4.98 Å². The van der Waals surface area contributed by atoms with Crippen LogP contribution in [-0.2, 0) is 0 Å². The Morgan fingerprint density at radius 1 is 1.29 bits per heavy atom. The molecular weight excluding hydrogens is 303 g/mol. The molecule has 2 aromatic rings. The van der Waals surface area contributed by atoms with E-state index in [0.717, 1.165) is 6.07 Å². The molecule has 3 nitrogen and oxygen atoms in total. The molecule has 0 unspecified atom stereocenters. The van der Waals surface area contributed by atoms with Gasteiger partial charge in [0.05, 0.1) is 0 Å². The van der Waals surface area contributed by atoms with E-state index in [-0.39, 0.29) is 5.69 Å². The van der Waals surface area contributed by atoms with E-state index in [1.165, 1.54) is 23.1 Å². The Bertz CT molecular complexity index is 469. The Kier molecular flexibility index (Phi) is 2.44. The predicted octanol–water partition coefficient (Wildman–Crippen LogP) is -2.00. The molecule has 0 aliphatic heterocycles. The van der Waals surface area contributed by atoms with Gasteiger partial charge < -0.3 is 0 Å². The molecule has 6 heteroatoms. The quantitative estimate of drug-likeness (QED) is 0.571. The van der Waals surface area contributed by atoms with Crippen LogP contribution in [0.4, 0.5) is 8.78 Å². The third-order valence-corrected chi connectivity index (χ3v) is 2.16. The van der Waals surface area contributed by atoms with Crippen molar-refractivity contribution in [2.24, 2.45) is 0 Å². The van der Waals surface area contributed by atoms with Crippen LogP contribution in [0.25, 0.3) is 5.69 Å². The molecule has 0 bridgehead atoms. The minimum atomic E-state index is -0.656. The van der Waals surface area contributed by atoms with E-state index < -0.39 is 11.6 Å². The van der Waals surface area contributed by atoms with Crippen molar-refractivity contribution in [1.82, 2.24) is 14.8 Å². The van der Waals surface area contributed by atoms with Gasteiger partial charge in [0, 0.05) is 6.07 Å². The van der Waals surface area contributed by atoms with Crippen molar-refractivity contribution in [3.63, 3.8) is 0 Å². The Labute approximate surface area is 91.9 Å². The van der Waals surface area contributed by atoms with Crippen LogP contribution < -0.4 is 22.6 Å². The molecule has 0 atom stereocenters. The minimum absolute atomic E-state index is 0.189. The standard InChI is InChI=1S/C8H5F2IN3/c9-5-1-2-7(6(10)3-5)14-4-12-8(11)13-14/h1-4,11H/q+1. The lowest BCUT2D eigenvalue weighted by Crippen LogP contribution is -3.34. The summed E-state index contributed by atoms with van der Waals surface area (Å²) >= 11 is 1.62. The zero-order valence-electron chi connectivity index (χ0n) is 6.82. The third kappa shape index (κ3) is 1.74. The van der Waals surface area contributed by atoms with E-state index >= 15 is 0 Å². The van der Waals surface area contributed by atoms with Crippen LogP contribution in [0.2, 0.25) is 0 Å². The van der Waals surface area contributed by atoms with E-state index in [4.69, 9.17) is 0 Å². The Balaban J connectivity index is 2.52. The van der Waals surface area contributed by atoms with Crippen LogP contribution in [0.5, 0.6) is 0 Å². The monoisotopic (exact) mass is 308 g/mol. The summed E-state index contributed by atoms with van der Waals surface area (Å²) in [6.07, 6.45) is 1.38. The number of nitrogens with zero attached hydrogens (tertiary/aromatic N) is 3. The minimum Gasteiger partial charge on any atom is -0.214 e. The lowest BCUT2D eigenvalue weighted by Gasteiger charge is -2.00. The molecule has 0 amide bonds. The molecule has 2 rings (SSSR count). The molecule has 0 spiro atoms. The van der Waals surface area contributed by atoms with Crippen molar-refractivity contribution in [3.8, 4) is 5.69 Å². The predicted molar refractivity (Wildman–Crippen MR) is 41.4 cm³/mol. The number of benzene rings is 1. The second-order valence-corrected chi connectivity index (χ2v) is 3.61. The van der Waals surface area contributed by atoms with Crippen LogP contribution >= 0.6 is 0 Å². The van der Waals surface area contributed by atoms with Crippen LogP contribution in [0.1, 0.15) is 0 Å². The number of rotatable bonds is 1. The molecule has 1 aromatic heterocycles. The summed E-state index contributed by atoms with van der Waals surface area (Å²) < 4.78 is 27.6. The lowest BCUT2D eigenvalue weighted by atomic mass is 10.3. The van der Waals surface area contributed by atoms with Crippen LogP contribution in [0.3, 0.4) is 0 Å². The Morgan fingerprint density at radius 2 is 2.07 bits per heavy atom. The molecule has 0 N–H and O–H groups in total. The summed E-state index contributed by atoms with van der Waals surface area (Å²) in [5.74, 6) is -1.26. The molecule has 0 fully saturated rings. The number of halogens is 3. The first-order valence-corrected chi connectivity index (χ1v) is 4.87. The average Bonchev–Trinajstić information content (AvgIpc) is 2.51. The SMILES string of the molecule is Fc1ccc(-n2cnc([IH+])n2)c(F)c1. The highest BCUT2D eigenvalue weighted by Crippen LogP contribution is 2.12. The summed E-state index contributed by atoms with van der Waals surface area (Å²) in [7, 11) is 0. The van der Waals surface area contributed by atoms with Crippen molar-refractivity contribution in [1.29, 1.82) is 0 Å². The van der Waals surface area contributed by atoms with Gasteiger partial charge >= 0.3 is 26.4 Å². The molecule has 72 valence electrons. The second-order valence-electron chi connectivity index (χ2n) is 2.57. The Morgan fingerprint density at radius 3 is 2.64 bits per heavy atom. The van der Waals surface area contributed by atoms with Crippen LogP contribution in [-0.4, -0.2) is 14.8 Å². The van der Waals surface area contributed by atoms with Crippen molar-refractivity contribution >= 4 is 0 Å². The molecular formula is C8H5F2IN3+. The van der Waals surface area contributed by atoms with Gasteiger partial charge in [-0.3, -0.25) is 0 Å². The lowest BCUT2D eigenvalue weighted by molar-refractivity contribution is -0.346. The zero-order chi connectivity index (χ0) is 10.1. The van der Waals surface area contributed by atoms with E-state index in [9.17, 15) is 8.78 Å². The van der Waals surface area contributed by atoms with Gasteiger partial charge in [0.2, 0.25) is 0 Å². The van der Waals surface area contributed by atoms with Gasteiger partial charge in [-0.15, -0.1) is 0 Å². The number of hydrogen-bond donors (Lipinski definition) is 0. The van der Waals surface area contributed by atoms with Gasteiger partial charge in [0.15, 0.2) is 5.82 Å². The zero-order valence-corrected chi connectivity index (χ0v) is 9.15. The van der Waals surface area contributed by atoms with Gasteiger partial charge in [-0.1, -0.05) is 5.10 Å². The smallest absolute Gasteiger partial charge is 0.214 e. The molecule has 0 saturated carbocycles. The first-order chi connectivity index (χ1) is 6.66. The Hall–Kier alpha value is -1.05. The summed E-state index contributed by atoms with van der Waals surface area (Å²) in [6.45, 7) is 0. The van der Waals surface area contributed by atoms with Gasteiger partial charge in [-0.05, 0) is 12.1 Å². The van der Waals surface area contributed by atoms with Crippen molar-refractivity contribution < 1.29 is 31.4 Å². The molecule has 1 heterocycles. The molecule has 1 aromatic carbocycles. The molecule has 0 aliphatic rings. The number of aromatic nitrogens is 3.